The Kier molecular flexibility index (Phi) is 3.75. The van der Waals surface area contributed by atoms with Crippen LogP contribution in [0, 0.1) is 5.82 Å². The first-order valence-corrected chi connectivity index (χ1v) is 5.74. The van der Waals surface area contributed by atoms with Gasteiger partial charge in [-0.15, -0.1) is 0 Å². The van der Waals surface area contributed by atoms with Crippen molar-refractivity contribution in [2.24, 2.45) is 0 Å². The molecule has 7 heteroatoms. The van der Waals surface area contributed by atoms with E-state index >= 15 is 0 Å². The predicted octanol–water partition coefficient (Wildman–Crippen LogP) is 2.19. The molecule has 0 bridgehead atoms. The molecule has 0 atom stereocenters. The van der Waals surface area contributed by atoms with Gasteiger partial charge in [0, 0.05) is 11.6 Å². The number of carboxylic acids is 1. The monoisotopic (exact) mass is 291 g/mol. The fraction of sp³-hybridized carbons (Fsp3) is 0. The highest BCUT2D eigenvalue weighted by molar-refractivity contribution is 6.08. The number of benzene rings is 2. The number of anilines is 1. The number of aromatic carboxylic acids is 1. The maximum atomic E-state index is 13.5. The molecule has 2 aromatic carbocycles. The average molecular weight is 291 g/mol. The van der Waals surface area contributed by atoms with Gasteiger partial charge in [0.2, 0.25) is 0 Å². The van der Waals surface area contributed by atoms with Crippen molar-refractivity contribution < 1.29 is 29.3 Å². The fourth-order valence-electron chi connectivity index (χ4n) is 1.77. The normalized spacial score (nSPS) is 10.1. The lowest BCUT2D eigenvalue weighted by Gasteiger charge is -2.09. The third-order valence-electron chi connectivity index (χ3n) is 2.64. The number of hydrogen-bond donors (Lipinski definition) is 4. The first-order chi connectivity index (χ1) is 9.88. The highest BCUT2D eigenvalue weighted by Crippen LogP contribution is 2.23. The van der Waals surface area contributed by atoms with Crippen molar-refractivity contribution in [2.45, 2.75) is 0 Å². The molecular weight excluding hydrogens is 281 g/mol. The number of phenols is 2. The second-order valence-corrected chi connectivity index (χ2v) is 4.16. The summed E-state index contributed by atoms with van der Waals surface area (Å²) >= 11 is 0. The molecule has 0 saturated carbocycles. The van der Waals surface area contributed by atoms with Gasteiger partial charge in [0.25, 0.3) is 5.91 Å². The lowest BCUT2D eigenvalue weighted by atomic mass is 10.1. The second-order valence-electron chi connectivity index (χ2n) is 4.16. The summed E-state index contributed by atoms with van der Waals surface area (Å²) in [5.74, 6) is -3.98. The van der Waals surface area contributed by atoms with Crippen LogP contribution in [0.2, 0.25) is 0 Å². The van der Waals surface area contributed by atoms with E-state index in [1.807, 2.05) is 0 Å². The molecule has 0 unspecified atom stereocenters. The van der Waals surface area contributed by atoms with E-state index in [-0.39, 0.29) is 22.7 Å². The van der Waals surface area contributed by atoms with Crippen molar-refractivity contribution in [2.75, 3.05) is 5.32 Å². The molecule has 1 amide bonds. The Bertz CT molecular complexity index is 709. The van der Waals surface area contributed by atoms with Crippen LogP contribution in [0.25, 0.3) is 0 Å². The summed E-state index contributed by atoms with van der Waals surface area (Å²) in [6.45, 7) is 0. The van der Waals surface area contributed by atoms with Gasteiger partial charge in [-0.25, -0.2) is 9.18 Å². The standard InChI is InChI=1S/C14H10FNO5/c15-10-2-1-3-11(12(10)14(20)21)16-13(19)7-4-8(17)6-9(18)5-7/h1-6,17-18H,(H,16,19)(H,20,21). The molecule has 21 heavy (non-hydrogen) atoms. The number of carbonyl (C=O) groups excluding carboxylic acids is 1. The smallest absolute Gasteiger partial charge is 0.340 e. The Morgan fingerprint density at radius 3 is 2.24 bits per heavy atom. The van der Waals surface area contributed by atoms with Crippen LogP contribution >= 0.6 is 0 Å². The van der Waals surface area contributed by atoms with Gasteiger partial charge in [0.1, 0.15) is 22.9 Å². The minimum atomic E-state index is -1.53. The van der Waals surface area contributed by atoms with Gasteiger partial charge in [-0.2, -0.15) is 0 Å². The Labute approximate surface area is 118 Å². The molecule has 0 aliphatic heterocycles. The number of rotatable bonds is 3. The van der Waals surface area contributed by atoms with Crippen LogP contribution in [-0.4, -0.2) is 27.2 Å². The molecule has 0 aromatic heterocycles. The number of nitrogens with one attached hydrogen (secondary N) is 1. The van der Waals surface area contributed by atoms with Crippen molar-refractivity contribution in [3.63, 3.8) is 0 Å². The molecule has 0 spiro atoms. The summed E-state index contributed by atoms with van der Waals surface area (Å²) in [6.07, 6.45) is 0. The zero-order valence-electron chi connectivity index (χ0n) is 10.5. The van der Waals surface area contributed by atoms with Crippen molar-refractivity contribution in [1.29, 1.82) is 0 Å². The fourth-order valence-corrected chi connectivity index (χ4v) is 1.77. The first-order valence-electron chi connectivity index (χ1n) is 5.74. The van der Waals surface area contributed by atoms with E-state index in [1.165, 1.54) is 12.1 Å². The minimum Gasteiger partial charge on any atom is -0.508 e. The Morgan fingerprint density at radius 1 is 1.05 bits per heavy atom. The van der Waals surface area contributed by atoms with Crippen molar-refractivity contribution in [3.05, 3.63) is 53.3 Å². The predicted molar refractivity (Wildman–Crippen MR) is 71.1 cm³/mol. The number of hydrogen-bond acceptors (Lipinski definition) is 4. The van der Waals surface area contributed by atoms with Gasteiger partial charge in [-0.3, -0.25) is 4.79 Å². The van der Waals surface area contributed by atoms with Gasteiger partial charge in [0.15, 0.2) is 0 Å². The molecule has 2 rings (SSSR count). The van der Waals surface area contributed by atoms with E-state index in [0.717, 1.165) is 24.3 Å². The maximum Gasteiger partial charge on any atom is 0.340 e. The van der Waals surface area contributed by atoms with Crippen LogP contribution in [0.4, 0.5) is 10.1 Å². The molecular formula is C14H10FNO5. The summed E-state index contributed by atoms with van der Waals surface area (Å²) in [6, 6.07) is 6.62. The largest absolute Gasteiger partial charge is 0.508 e. The molecule has 108 valence electrons. The molecule has 0 fully saturated rings. The zero-order valence-corrected chi connectivity index (χ0v) is 10.5. The second kappa shape index (κ2) is 5.49. The first kappa shape index (κ1) is 14.3. The van der Waals surface area contributed by atoms with Gasteiger partial charge in [-0.1, -0.05) is 6.07 Å². The van der Waals surface area contributed by atoms with Crippen LogP contribution in [0.15, 0.2) is 36.4 Å². The average Bonchev–Trinajstić information content (AvgIpc) is 2.37. The zero-order chi connectivity index (χ0) is 15.6. The third-order valence-corrected chi connectivity index (χ3v) is 2.64. The summed E-state index contributed by atoms with van der Waals surface area (Å²) in [5.41, 5.74) is -1.00. The van der Waals surface area contributed by atoms with E-state index in [2.05, 4.69) is 5.32 Å². The number of aromatic hydroxyl groups is 2. The molecule has 0 radical (unpaired) electrons. The van der Waals surface area contributed by atoms with Crippen LogP contribution < -0.4 is 5.32 Å². The van der Waals surface area contributed by atoms with Crippen LogP contribution in [-0.2, 0) is 0 Å². The van der Waals surface area contributed by atoms with Gasteiger partial charge < -0.3 is 20.6 Å². The number of carboxylic acid groups (broad SMARTS) is 1. The van der Waals surface area contributed by atoms with Crippen molar-refractivity contribution in [1.82, 2.24) is 0 Å². The van der Waals surface area contributed by atoms with Gasteiger partial charge >= 0.3 is 5.97 Å². The quantitative estimate of drug-likeness (QED) is 0.693. The molecule has 0 heterocycles. The summed E-state index contributed by atoms with van der Waals surface area (Å²) in [7, 11) is 0. The highest BCUT2D eigenvalue weighted by Gasteiger charge is 2.18. The number of carbonyl (C=O) groups is 2. The van der Waals surface area contributed by atoms with Gasteiger partial charge in [0.05, 0.1) is 5.69 Å². The Balaban J connectivity index is 2.36. The Hall–Kier alpha value is -3.09. The van der Waals surface area contributed by atoms with Crippen LogP contribution in [0.1, 0.15) is 20.7 Å². The number of amides is 1. The van der Waals surface area contributed by atoms with E-state index < -0.39 is 23.3 Å². The Morgan fingerprint density at radius 2 is 1.67 bits per heavy atom. The van der Waals surface area contributed by atoms with Gasteiger partial charge in [-0.05, 0) is 24.3 Å². The van der Waals surface area contributed by atoms with E-state index in [9.17, 15) is 24.2 Å². The number of phenolic OH excluding ortho intramolecular Hbond substituents is 2. The van der Waals surface area contributed by atoms with E-state index in [0.29, 0.717) is 0 Å². The molecule has 0 aliphatic carbocycles. The summed E-state index contributed by atoms with van der Waals surface area (Å²) < 4.78 is 13.5. The minimum absolute atomic E-state index is 0.104. The van der Waals surface area contributed by atoms with E-state index in [1.54, 1.807) is 0 Å². The SMILES string of the molecule is O=C(Nc1cccc(F)c1C(=O)O)c1cc(O)cc(O)c1. The lowest BCUT2D eigenvalue weighted by Crippen LogP contribution is -2.15. The topological polar surface area (TPSA) is 107 Å². The highest BCUT2D eigenvalue weighted by atomic mass is 19.1. The van der Waals surface area contributed by atoms with Crippen LogP contribution in [0.5, 0.6) is 11.5 Å². The van der Waals surface area contributed by atoms with Crippen molar-refractivity contribution >= 4 is 17.6 Å². The van der Waals surface area contributed by atoms with Crippen LogP contribution in [0.3, 0.4) is 0 Å². The summed E-state index contributed by atoms with van der Waals surface area (Å²) in [4.78, 5) is 23.0. The third kappa shape index (κ3) is 3.08. The molecule has 0 aliphatic rings. The van der Waals surface area contributed by atoms with E-state index in [4.69, 9.17) is 5.11 Å². The summed E-state index contributed by atoms with van der Waals surface area (Å²) in [5, 5.41) is 29.8. The molecule has 0 saturated heterocycles. The lowest BCUT2D eigenvalue weighted by molar-refractivity contribution is 0.0693. The maximum absolute atomic E-state index is 13.5. The molecule has 2 aromatic rings. The number of halogens is 1. The molecule has 4 N–H and O–H groups in total. The molecule has 6 nitrogen and oxygen atoms in total. The van der Waals surface area contributed by atoms with Crippen molar-refractivity contribution in [3.8, 4) is 11.5 Å².